The Hall–Kier alpha value is -2.63. The van der Waals surface area contributed by atoms with Crippen molar-refractivity contribution >= 4 is 11.9 Å². The lowest BCUT2D eigenvalue weighted by Gasteiger charge is -2.34. The second-order valence-electron chi connectivity index (χ2n) is 7.05. The normalized spacial score (nSPS) is 22.6. The third-order valence-corrected chi connectivity index (χ3v) is 5.25. The molecule has 0 radical (unpaired) electrons. The van der Waals surface area contributed by atoms with Crippen molar-refractivity contribution in [3.8, 4) is 11.3 Å². The first-order chi connectivity index (χ1) is 12.5. The molecule has 6 nitrogen and oxygen atoms in total. The number of nitrogens with one attached hydrogen (secondary N) is 2. The molecule has 1 aliphatic carbocycles. The molecule has 3 rings (SSSR count). The van der Waals surface area contributed by atoms with Gasteiger partial charge in [-0.05, 0) is 24.3 Å². The predicted molar refractivity (Wildman–Crippen MR) is 98.4 cm³/mol. The summed E-state index contributed by atoms with van der Waals surface area (Å²) in [5.74, 6) is 0.189. The molecule has 0 aliphatic heterocycles. The van der Waals surface area contributed by atoms with E-state index in [9.17, 15) is 9.59 Å². The molecule has 138 valence electrons. The zero-order valence-corrected chi connectivity index (χ0v) is 15.2. The Morgan fingerprint density at radius 3 is 2.77 bits per heavy atom. The van der Waals surface area contributed by atoms with Crippen molar-refractivity contribution in [3.63, 3.8) is 0 Å². The minimum absolute atomic E-state index is 0.154. The van der Waals surface area contributed by atoms with Gasteiger partial charge in [-0.2, -0.15) is 5.10 Å². The number of aromatic nitrogens is 2. The lowest BCUT2D eigenvalue weighted by atomic mass is 9.78. The lowest BCUT2D eigenvalue weighted by Crippen LogP contribution is -2.45. The van der Waals surface area contributed by atoms with Crippen molar-refractivity contribution in [2.45, 2.75) is 39.2 Å². The number of carbonyl (C=O) groups excluding carboxylic acids is 2. The van der Waals surface area contributed by atoms with E-state index in [-0.39, 0.29) is 24.2 Å². The third-order valence-electron chi connectivity index (χ3n) is 5.25. The van der Waals surface area contributed by atoms with Crippen LogP contribution in [0.5, 0.6) is 0 Å². The highest BCUT2D eigenvalue weighted by Crippen LogP contribution is 2.29. The average Bonchev–Trinajstić information content (AvgIpc) is 3.14. The molecule has 0 unspecified atom stereocenters. The predicted octanol–water partition coefficient (Wildman–Crippen LogP) is 3.17. The molecule has 2 aromatic rings. The average molecular weight is 355 g/mol. The SMILES string of the molecule is C[C@@H]1[C@H](C)CCC[C@@H]1NC(=O)COC(=O)c1cc(-c2ccccc2)n[nH]1. The molecule has 1 aliphatic rings. The molecule has 2 N–H and O–H groups in total. The molecule has 1 heterocycles. The third kappa shape index (κ3) is 4.31. The zero-order chi connectivity index (χ0) is 18.5. The van der Waals surface area contributed by atoms with Crippen molar-refractivity contribution < 1.29 is 14.3 Å². The van der Waals surface area contributed by atoms with Gasteiger partial charge in [0.2, 0.25) is 0 Å². The molecule has 6 heteroatoms. The maximum absolute atomic E-state index is 12.1. The van der Waals surface area contributed by atoms with Crippen LogP contribution in [0.4, 0.5) is 0 Å². The van der Waals surface area contributed by atoms with E-state index in [1.54, 1.807) is 6.07 Å². The van der Waals surface area contributed by atoms with Crippen molar-refractivity contribution in [1.82, 2.24) is 15.5 Å². The Balaban J connectivity index is 1.51. The molecule has 1 aromatic carbocycles. The van der Waals surface area contributed by atoms with Crippen LogP contribution < -0.4 is 5.32 Å². The maximum Gasteiger partial charge on any atom is 0.356 e. The van der Waals surface area contributed by atoms with E-state index in [2.05, 4.69) is 29.4 Å². The van der Waals surface area contributed by atoms with E-state index < -0.39 is 5.97 Å². The fraction of sp³-hybridized carbons (Fsp3) is 0.450. The first-order valence-electron chi connectivity index (χ1n) is 9.12. The van der Waals surface area contributed by atoms with Crippen LogP contribution in [0.15, 0.2) is 36.4 Å². The van der Waals surface area contributed by atoms with E-state index in [0.717, 1.165) is 18.4 Å². The molecule has 0 saturated heterocycles. The maximum atomic E-state index is 12.1. The van der Waals surface area contributed by atoms with Gasteiger partial charge in [0.05, 0.1) is 5.69 Å². The van der Waals surface area contributed by atoms with Crippen molar-refractivity contribution in [3.05, 3.63) is 42.1 Å². The van der Waals surface area contributed by atoms with Crippen LogP contribution >= 0.6 is 0 Å². The summed E-state index contributed by atoms with van der Waals surface area (Å²) < 4.78 is 5.12. The Bertz CT molecular complexity index is 757. The van der Waals surface area contributed by atoms with Gasteiger partial charge >= 0.3 is 5.97 Å². The highest BCUT2D eigenvalue weighted by Gasteiger charge is 2.28. The monoisotopic (exact) mass is 355 g/mol. The minimum Gasteiger partial charge on any atom is -0.451 e. The van der Waals surface area contributed by atoms with E-state index in [1.165, 1.54) is 6.42 Å². The highest BCUT2D eigenvalue weighted by atomic mass is 16.5. The number of nitrogens with zero attached hydrogens (tertiary/aromatic N) is 1. The number of hydrogen-bond acceptors (Lipinski definition) is 4. The highest BCUT2D eigenvalue weighted by molar-refractivity contribution is 5.90. The largest absolute Gasteiger partial charge is 0.451 e. The second kappa shape index (κ2) is 8.17. The Morgan fingerprint density at radius 2 is 2.00 bits per heavy atom. The molecule has 0 bridgehead atoms. The van der Waals surface area contributed by atoms with Crippen molar-refractivity contribution in [2.75, 3.05) is 6.61 Å². The standard InChI is InChI=1S/C20H25N3O3/c1-13-7-6-10-16(14(13)2)21-19(24)12-26-20(25)18-11-17(22-23-18)15-8-4-3-5-9-15/h3-5,8-9,11,13-14,16H,6-7,10,12H2,1-2H3,(H,21,24)(H,22,23)/t13-,14-,16+/m1/s1. The molecule has 26 heavy (non-hydrogen) atoms. The molecule has 1 aromatic heterocycles. The summed E-state index contributed by atoms with van der Waals surface area (Å²) >= 11 is 0. The number of esters is 1. The van der Waals surface area contributed by atoms with Gasteiger partial charge in [-0.3, -0.25) is 9.89 Å². The van der Waals surface area contributed by atoms with Crippen LogP contribution in [-0.2, 0) is 9.53 Å². The van der Waals surface area contributed by atoms with Gasteiger partial charge < -0.3 is 10.1 Å². The molecule has 1 saturated carbocycles. The van der Waals surface area contributed by atoms with Crippen LogP contribution in [0, 0.1) is 11.8 Å². The molecule has 3 atom stereocenters. The first kappa shape index (κ1) is 18.2. The van der Waals surface area contributed by atoms with E-state index >= 15 is 0 Å². The number of amides is 1. The Kier molecular flexibility index (Phi) is 5.71. The smallest absolute Gasteiger partial charge is 0.356 e. The van der Waals surface area contributed by atoms with Gasteiger partial charge in [-0.15, -0.1) is 0 Å². The quantitative estimate of drug-likeness (QED) is 0.807. The summed E-state index contributed by atoms with van der Waals surface area (Å²) in [4.78, 5) is 24.2. The van der Waals surface area contributed by atoms with Gasteiger partial charge in [-0.25, -0.2) is 4.79 Å². The second-order valence-corrected chi connectivity index (χ2v) is 7.05. The number of H-pyrrole nitrogens is 1. The van der Waals surface area contributed by atoms with Gasteiger partial charge in [0, 0.05) is 11.6 Å². The number of benzene rings is 1. The Labute approximate surface area is 153 Å². The molecule has 1 amide bonds. The van der Waals surface area contributed by atoms with Crippen LogP contribution in [0.25, 0.3) is 11.3 Å². The molecule has 1 fully saturated rings. The van der Waals surface area contributed by atoms with Gasteiger partial charge in [0.25, 0.3) is 5.91 Å². The van der Waals surface area contributed by atoms with E-state index in [4.69, 9.17) is 4.74 Å². The van der Waals surface area contributed by atoms with Crippen LogP contribution in [0.1, 0.15) is 43.6 Å². The number of carbonyl (C=O) groups is 2. The summed E-state index contributed by atoms with van der Waals surface area (Å²) in [5.41, 5.74) is 1.80. The number of hydrogen-bond donors (Lipinski definition) is 2. The lowest BCUT2D eigenvalue weighted by molar-refractivity contribution is -0.125. The summed E-state index contributed by atoms with van der Waals surface area (Å²) in [7, 11) is 0. The number of ether oxygens (including phenoxy) is 1. The van der Waals surface area contributed by atoms with Crippen molar-refractivity contribution in [2.24, 2.45) is 11.8 Å². The van der Waals surface area contributed by atoms with E-state index in [0.29, 0.717) is 17.5 Å². The molecular formula is C20H25N3O3. The first-order valence-corrected chi connectivity index (χ1v) is 9.12. The summed E-state index contributed by atoms with van der Waals surface area (Å²) in [6.07, 6.45) is 3.30. The summed E-state index contributed by atoms with van der Waals surface area (Å²) in [5, 5.41) is 9.78. The number of rotatable bonds is 5. The topological polar surface area (TPSA) is 84.1 Å². The fourth-order valence-corrected chi connectivity index (χ4v) is 3.43. The minimum atomic E-state index is -0.583. The summed E-state index contributed by atoms with van der Waals surface area (Å²) in [6.45, 7) is 4.10. The summed E-state index contributed by atoms with van der Waals surface area (Å²) in [6, 6.07) is 11.3. The Morgan fingerprint density at radius 1 is 1.23 bits per heavy atom. The molecular weight excluding hydrogens is 330 g/mol. The van der Waals surface area contributed by atoms with E-state index in [1.807, 2.05) is 30.3 Å². The van der Waals surface area contributed by atoms with Gasteiger partial charge in [0.15, 0.2) is 6.61 Å². The zero-order valence-electron chi connectivity index (χ0n) is 15.2. The van der Waals surface area contributed by atoms with Gasteiger partial charge in [0.1, 0.15) is 5.69 Å². The molecule has 0 spiro atoms. The van der Waals surface area contributed by atoms with Gasteiger partial charge in [-0.1, -0.05) is 57.0 Å². The number of aromatic amines is 1. The van der Waals surface area contributed by atoms with Crippen LogP contribution in [-0.4, -0.2) is 34.7 Å². The van der Waals surface area contributed by atoms with Crippen LogP contribution in [0.3, 0.4) is 0 Å². The van der Waals surface area contributed by atoms with Crippen molar-refractivity contribution in [1.29, 1.82) is 0 Å². The fourth-order valence-electron chi connectivity index (χ4n) is 3.43. The van der Waals surface area contributed by atoms with Crippen LogP contribution in [0.2, 0.25) is 0 Å².